The highest BCUT2D eigenvalue weighted by atomic mass is 79.9. The van der Waals surface area contributed by atoms with E-state index < -0.39 is 22.2 Å². The largest absolute Gasteiger partial charge is 0.378 e. The lowest BCUT2D eigenvalue weighted by Gasteiger charge is -2.09. The van der Waals surface area contributed by atoms with E-state index in [1.165, 1.54) is 0 Å². The van der Waals surface area contributed by atoms with Crippen LogP contribution in [0.3, 0.4) is 0 Å². The van der Waals surface area contributed by atoms with Crippen LogP contribution in [0.5, 0.6) is 0 Å². The summed E-state index contributed by atoms with van der Waals surface area (Å²) in [6.07, 6.45) is 0. The molecule has 0 rings (SSSR count). The molecular weight excluding hydrogens is 257 g/mol. The van der Waals surface area contributed by atoms with Crippen LogP contribution in [0.25, 0.3) is 0 Å². The molecule has 12 heavy (non-hydrogen) atoms. The van der Waals surface area contributed by atoms with Crippen molar-refractivity contribution >= 4 is 32.9 Å². The van der Waals surface area contributed by atoms with Gasteiger partial charge in [0.2, 0.25) is 0 Å². The number of nitrogens with one attached hydrogen (secondary N) is 1. The van der Waals surface area contributed by atoms with E-state index in [4.69, 9.17) is 11.1 Å². The molecule has 0 unspecified atom stereocenters. The maximum absolute atomic E-state index is 12.4. The van der Waals surface area contributed by atoms with E-state index in [1.54, 1.807) is 0 Å². The van der Waals surface area contributed by atoms with Crippen LogP contribution >= 0.6 is 27.7 Å². The van der Waals surface area contributed by atoms with Crippen molar-refractivity contribution in [3.8, 4) is 0 Å². The van der Waals surface area contributed by atoms with Gasteiger partial charge in [0, 0.05) is 5.41 Å². The van der Waals surface area contributed by atoms with Gasteiger partial charge in [0.1, 0.15) is 0 Å². The summed E-state index contributed by atoms with van der Waals surface area (Å²) in [6, 6.07) is 0. The predicted octanol–water partition coefficient (Wildman–Crippen LogP) is 2.45. The van der Waals surface area contributed by atoms with Gasteiger partial charge in [0.05, 0.1) is 5.33 Å². The van der Waals surface area contributed by atoms with Crippen LogP contribution < -0.4 is 5.73 Å². The van der Waals surface area contributed by atoms with Crippen molar-refractivity contribution in [3.63, 3.8) is 0 Å². The first-order valence-electron chi connectivity index (χ1n) is 2.70. The Labute approximate surface area is 80.0 Å². The molecule has 2 nitrogen and oxygen atoms in total. The summed E-state index contributed by atoms with van der Waals surface area (Å²) in [5.41, 5.74) is 4.80. The van der Waals surface area contributed by atoms with Gasteiger partial charge in [-0.1, -0.05) is 27.7 Å². The molecule has 0 amide bonds. The Kier molecular flexibility index (Phi) is 4.69. The molecule has 0 aromatic rings. The first-order chi connectivity index (χ1) is 5.40. The first-order valence-corrected chi connectivity index (χ1v) is 4.71. The number of rotatable bonds is 3. The van der Waals surface area contributed by atoms with Crippen molar-refractivity contribution in [2.45, 2.75) is 5.92 Å². The average Bonchev–Trinajstić information content (AvgIpc) is 2.00. The number of alkyl halides is 3. The van der Waals surface area contributed by atoms with E-state index in [9.17, 15) is 13.2 Å². The van der Waals surface area contributed by atoms with Crippen molar-refractivity contribution in [3.05, 3.63) is 11.2 Å². The number of hydrogen-bond acceptors (Lipinski definition) is 2. The zero-order chi connectivity index (χ0) is 9.78. The number of allylic oxidation sites excluding steroid dienone is 1. The molecule has 0 aliphatic carbocycles. The lowest BCUT2D eigenvalue weighted by atomic mass is 10.4. The summed E-state index contributed by atoms with van der Waals surface area (Å²) in [5, 5.41) is 5.91. The number of nitrogens with two attached hydrogens (primary N) is 1. The third-order valence-corrected chi connectivity index (χ3v) is 2.09. The Morgan fingerprint density at radius 3 is 2.50 bits per heavy atom. The van der Waals surface area contributed by atoms with E-state index in [0.29, 0.717) is 17.2 Å². The fourth-order valence-corrected chi connectivity index (χ4v) is 0.936. The van der Waals surface area contributed by atoms with Gasteiger partial charge in [-0.15, -0.1) is 0 Å². The van der Waals surface area contributed by atoms with Crippen molar-refractivity contribution in [2.75, 3.05) is 5.33 Å². The molecule has 0 saturated carbocycles. The number of thioether (sulfide) groups is 1. The standard InChI is InChI=1S/C5H6BrF3N2S/c6-2-5(8,9)3(7)1-12-4(10)11/h1H,2H2,(H3,10,11)/b3-1-. The summed E-state index contributed by atoms with van der Waals surface area (Å²) >= 11 is 2.86. The topological polar surface area (TPSA) is 49.9 Å². The van der Waals surface area contributed by atoms with Crippen LogP contribution in [0.4, 0.5) is 13.2 Å². The van der Waals surface area contributed by atoms with Crippen molar-refractivity contribution in [1.82, 2.24) is 0 Å². The predicted molar refractivity (Wildman–Crippen MR) is 47.4 cm³/mol. The fourth-order valence-electron chi connectivity index (χ4n) is 0.265. The maximum Gasteiger partial charge on any atom is 0.308 e. The smallest absolute Gasteiger partial charge is 0.308 e. The SMILES string of the molecule is N=C(N)S/C=C(\F)C(F)(F)CBr. The van der Waals surface area contributed by atoms with E-state index >= 15 is 0 Å². The molecule has 0 bridgehead atoms. The van der Waals surface area contributed by atoms with Gasteiger partial charge in [-0.2, -0.15) is 8.78 Å². The monoisotopic (exact) mass is 262 g/mol. The van der Waals surface area contributed by atoms with Crippen LogP contribution in [-0.2, 0) is 0 Å². The number of hydrogen-bond donors (Lipinski definition) is 2. The lowest BCUT2D eigenvalue weighted by molar-refractivity contribution is 0.0458. The zero-order valence-corrected chi connectivity index (χ0v) is 8.18. The Balaban J connectivity index is 4.26. The summed E-state index contributed by atoms with van der Waals surface area (Å²) < 4.78 is 37.2. The van der Waals surface area contributed by atoms with E-state index in [0.717, 1.165) is 0 Å². The highest BCUT2D eigenvalue weighted by Gasteiger charge is 2.33. The van der Waals surface area contributed by atoms with E-state index in [-0.39, 0.29) is 0 Å². The van der Waals surface area contributed by atoms with Crippen LogP contribution in [0.2, 0.25) is 0 Å². The van der Waals surface area contributed by atoms with E-state index in [2.05, 4.69) is 15.9 Å². The van der Waals surface area contributed by atoms with Crippen molar-refractivity contribution in [2.24, 2.45) is 5.73 Å². The minimum absolute atomic E-state index is 0.405. The molecule has 0 aliphatic heterocycles. The molecule has 0 heterocycles. The quantitative estimate of drug-likeness (QED) is 0.467. The fraction of sp³-hybridized carbons (Fsp3) is 0.400. The Bertz CT molecular complexity index is 207. The Morgan fingerprint density at radius 2 is 2.17 bits per heavy atom. The summed E-state index contributed by atoms with van der Waals surface area (Å²) in [7, 11) is 0. The Morgan fingerprint density at radius 1 is 1.67 bits per heavy atom. The molecular formula is C5H6BrF3N2S. The van der Waals surface area contributed by atoms with Crippen LogP contribution in [-0.4, -0.2) is 16.4 Å². The normalized spacial score (nSPS) is 13.2. The van der Waals surface area contributed by atoms with Gasteiger partial charge in [0.25, 0.3) is 0 Å². The van der Waals surface area contributed by atoms with Gasteiger partial charge in [0.15, 0.2) is 11.0 Å². The van der Waals surface area contributed by atoms with Crippen molar-refractivity contribution < 1.29 is 13.2 Å². The van der Waals surface area contributed by atoms with Gasteiger partial charge in [-0.3, -0.25) is 5.41 Å². The minimum atomic E-state index is -3.53. The third-order valence-electron chi connectivity index (χ3n) is 0.807. The second-order valence-corrected chi connectivity index (χ2v) is 3.26. The van der Waals surface area contributed by atoms with Crippen LogP contribution in [0.15, 0.2) is 11.2 Å². The van der Waals surface area contributed by atoms with Crippen LogP contribution in [0, 0.1) is 5.41 Å². The van der Waals surface area contributed by atoms with Gasteiger partial charge in [-0.25, -0.2) is 4.39 Å². The molecule has 0 saturated heterocycles. The minimum Gasteiger partial charge on any atom is -0.378 e. The second-order valence-electron chi connectivity index (χ2n) is 1.79. The van der Waals surface area contributed by atoms with Crippen molar-refractivity contribution in [1.29, 1.82) is 5.41 Å². The third kappa shape index (κ3) is 4.01. The molecule has 0 spiro atoms. The molecule has 3 N–H and O–H groups in total. The lowest BCUT2D eigenvalue weighted by Crippen LogP contribution is -2.18. The molecule has 7 heteroatoms. The molecule has 0 fully saturated rings. The second kappa shape index (κ2) is 4.76. The Hall–Kier alpha value is -0.170. The maximum atomic E-state index is 12.4. The molecule has 70 valence electrons. The molecule has 0 aromatic heterocycles. The molecule has 0 aromatic carbocycles. The highest BCUT2D eigenvalue weighted by Crippen LogP contribution is 2.28. The summed E-state index contributed by atoms with van der Waals surface area (Å²) in [5.74, 6) is -5.12. The highest BCUT2D eigenvalue weighted by molar-refractivity contribution is 9.09. The van der Waals surface area contributed by atoms with Gasteiger partial charge in [-0.05, 0) is 0 Å². The van der Waals surface area contributed by atoms with Gasteiger partial charge < -0.3 is 5.73 Å². The van der Waals surface area contributed by atoms with Crippen LogP contribution in [0.1, 0.15) is 0 Å². The number of halogens is 4. The number of amidine groups is 1. The molecule has 0 aliphatic rings. The summed E-state index contributed by atoms with van der Waals surface area (Å²) in [4.78, 5) is 0. The van der Waals surface area contributed by atoms with E-state index in [1.807, 2.05) is 0 Å². The average molecular weight is 263 g/mol. The summed E-state index contributed by atoms with van der Waals surface area (Å²) in [6.45, 7) is 0. The molecule has 0 atom stereocenters. The van der Waals surface area contributed by atoms with Gasteiger partial charge >= 0.3 is 5.92 Å². The zero-order valence-electron chi connectivity index (χ0n) is 5.78. The first kappa shape index (κ1) is 11.8. The molecule has 0 radical (unpaired) electrons.